The summed E-state index contributed by atoms with van der Waals surface area (Å²) in [7, 11) is 0. The predicted octanol–water partition coefficient (Wildman–Crippen LogP) is 2.72. The monoisotopic (exact) mass is 192 g/mol. The molecule has 1 fully saturated rings. The van der Waals surface area contributed by atoms with Crippen LogP contribution in [0.15, 0.2) is 12.7 Å². The van der Waals surface area contributed by atoms with Gasteiger partial charge in [0.25, 0.3) is 0 Å². The molecular weight excluding hydrogens is 172 g/mol. The van der Waals surface area contributed by atoms with Crippen LogP contribution in [0.2, 0.25) is 0 Å². The molecule has 0 unspecified atom stereocenters. The van der Waals surface area contributed by atoms with Crippen molar-refractivity contribution >= 4 is 0 Å². The molecule has 0 radical (unpaired) electrons. The Hall–Kier alpha value is -0.810. The lowest BCUT2D eigenvalue weighted by molar-refractivity contribution is 0.221. The fourth-order valence-corrected chi connectivity index (χ4v) is 2.19. The molecule has 0 saturated heterocycles. The standard InChI is InChI=1S/C12H20N2/c1-2-3-6-10-14(11-9-13)12-7-4-5-8-12/h2,12H,1,3-8,10-11H2. The van der Waals surface area contributed by atoms with Gasteiger partial charge in [-0.25, -0.2) is 0 Å². The smallest absolute Gasteiger partial charge is 0.0868 e. The SMILES string of the molecule is C=CCCCN(CC#N)C1CCCC1. The molecule has 0 aromatic rings. The lowest BCUT2D eigenvalue weighted by Gasteiger charge is -2.25. The topological polar surface area (TPSA) is 27.0 Å². The molecule has 2 nitrogen and oxygen atoms in total. The van der Waals surface area contributed by atoms with Crippen LogP contribution in [-0.4, -0.2) is 24.0 Å². The van der Waals surface area contributed by atoms with Crippen molar-refractivity contribution in [1.29, 1.82) is 5.26 Å². The molecule has 0 aromatic carbocycles. The van der Waals surface area contributed by atoms with Gasteiger partial charge in [-0.2, -0.15) is 5.26 Å². The Balaban J connectivity index is 2.30. The number of hydrogen-bond acceptors (Lipinski definition) is 2. The average Bonchev–Trinajstić information content (AvgIpc) is 2.70. The van der Waals surface area contributed by atoms with E-state index in [0.717, 1.165) is 19.4 Å². The van der Waals surface area contributed by atoms with Crippen molar-refractivity contribution < 1.29 is 0 Å². The van der Waals surface area contributed by atoms with Crippen molar-refractivity contribution in [3.8, 4) is 6.07 Å². The molecule has 1 aliphatic carbocycles. The van der Waals surface area contributed by atoms with E-state index in [0.29, 0.717) is 12.6 Å². The maximum Gasteiger partial charge on any atom is 0.0868 e. The maximum atomic E-state index is 8.74. The third-order valence-electron chi connectivity index (χ3n) is 2.97. The van der Waals surface area contributed by atoms with Crippen LogP contribution >= 0.6 is 0 Å². The fraction of sp³-hybridized carbons (Fsp3) is 0.750. The summed E-state index contributed by atoms with van der Waals surface area (Å²) in [6.45, 7) is 5.38. The average molecular weight is 192 g/mol. The van der Waals surface area contributed by atoms with E-state index in [2.05, 4.69) is 17.5 Å². The Kier molecular flexibility index (Phi) is 5.32. The molecule has 0 heterocycles. The van der Waals surface area contributed by atoms with Gasteiger partial charge < -0.3 is 0 Å². The molecule has 78 valence electrons. The van der Waals surface area contributed by atoms with E-state index in [1.54, 1.807) is 0 Å². The molecule has 0 amide bonds. The highest BCUT2D eigenvalue weighted by molar-refractivity contribution is 4.84. The zero-order valence-electron chi connectivity index (χ0n) is 8.91. The first-order valence-electron chi connectivity index (χ1n) is 5.60. The van der Waals surface area contributed by atoms with Gasteiger partial charge in [0.2, 0.25) is 0 Å². The number of rotatable bonds is 6. The predicted molar refractivity (Wildman–Crippen MR) is 58.9 cm³/mol. The first-order valence-corrected chi connectivity index (χ1v) is 5.60. The number of nitrogens with zero attached hydrogens (tertiary/aromatic N) is 2. The van der Waals surface area contributed by atoms with E-state index in [1.165, 1.54) is 25.7 Å². The van der Waals surface area contributed by atoms with Gasteiger partial charge in [0.1, 0.15) is 0 Å². The van der Waals surface area contributed by atoms with Crippen molar-refractivity contribution in [2.24, 2.45) is 0 Å². The summed E-state index contributed by atoms with van der Waals surface area (Å²) < 4.78 is 0. The Bertz CT molecular complexity index is 199. The van der Waals surface area contributed by atoms with Crippen LogP contribution in [0.25, 0.3) is 0 Å². The van der Waals surface area contributed by atoms with Crippen LogP contribution in [0.1, 0.15) is 38.5 Å². The Morgan fingerprint density at radius 2 is 2.14 bits per heavy atom. The van der Waals surface area contributed by atoms with Gasteiger partial charge in [-0.15, -0.1) is 6.58 Å². The summed E-state index contributed by atoms with van der Waals surface area (Å²) in [5.41, 5.74) is 0. The highest BCUT2D eigenvalue weighted by atomic mass is 15.1. The number of hydrogen-bond donors (Lipinski definition) is 0. The lowest BCUT2D eigenvalue weighted by atomic mass is 10.2. The molecule has 0 aliphatic heterocycles. The largest absolute Gasteiger partial charge is 0.288 e. The van der Waals surface area contributed by atoms with Crippen molar-refractivity contribution in [3.05, 3.63) is 12.7 Å². The van der Waals surface area contributed by atoms with Gasteiger partial charge in [0, 0.05) is 6.04 Å². The van der Waals surface area contributed by atoms with E-state index in [4.69, 9.17) is 5.26 Å². The minimum atomic E-state index is 0.599. The summed E-state index contributed by atoms with van der Waals surface area (Å²) in [6, 6.07) is 2.95. The third kappa shape index (κ3) is 3.51. The number of nitriles is 1. The van der Waals surface area contributed by atoms with Crippen molar-refractivity contribution in [1.82, 2.24) is 4.90 Å². The summed E-state index contributed by atoms with van der Waals surface area (Å²) in [5.74, 6) is 0. The van der Waals surface area contributed by atoms with Crippen LogP contribution in [0, 0.1) is 11.3 Å². The van der Waals surface area contributed by atoms with Gasteiger partial charge in [0.05, 0.1) is 12.6 Å². The first-order chi connectivity index (χ1) is 6.88. The lowest BCUT2D eigenvalue weighted by Crippen LogP contribution is -2.34. The van der Waals surface area contributed by atoms with Crippen molar-refractivity contribution in [3.63, 3.8) is 0 Å². The molecule has 0 bridgehead atoms. The fourth-order valence-electron chi connectivity index (χ4n) is 2.19. The highest BCUT2D eigenvalue weighted by Gasteiger charge is 2.21. The summed E-state index contributed by atoms with van der Waals surface area (Å²) in [6.07, 6.45) is 9.42. The van der Waals surface area contributed by atoms with Gasteiger partial charge in [-0.1, -0.05) is 18.9 Å². The number of allylic oxidation sites excluding steroid dienone is 1. The zero-order chi connectivity index (χ0) is 10.2. The molecule has 0 N–H and O–H groups in total. The van der Waals surface area contributed by atoms with Crippen LogP contribution in [0.4, 0.5) is 0 Å². The Labute approximate surface area is 87.2 Å². The van der Waals surface area contributed by atoms with E-state index >= 15 is 0 Å². The van der Waals surface area contributed by atoms with E-state index < -0.39 is 0 Å². The second-order valence-electron chi connectivity index (χ2n) is 4.00. The Morgan fingerprint density at radius 3 is 2.71 bits per heavy atom. The summed E-state index contributed by atoms with van der Waals surface area (Å²) >= 11 is 0. The second-order valence-corrected chi connectivity index (χ2v) is 4.00. The second kappa shape index (κ2) is 6.62. The van der Waals surface area contributed by atoms with Crippen LogP contribution < -0.4 is 0 Å². The quantitative estimate of drug-likeness (QED) is 0.367. The molecule has 0 atom stereocenters. The molecule has 2 heteroatoms. The maximum absolute atomic E-state index is 8.74. The normalized spacial score (nSPS) is 17.1. The summed E-state index contributed by atoms with van der Waals surface area (Å²) in [5, 5.41) is 8.74. The van der Waals surface area contributed by atoms with Gasteiger partial charge >= 0.3 is 0 Å². The first kappa shape index (κ1) is 11.3. The molecular formula is C12H20N2. The van der Waals surface area contributed by atoms with Crippen molar-refractivity contribution in [2.45, 2.75) is 44.6 Å². The number of unbranched alkanes of at least 4 members (excludes halogenated alkanes) is 1. The van der Waals surface area contributed by atoms with Crippen molar-refractivity contribution in [2.75, 3.05) is 13.1 Å². The van der Waals surface area contributed by atoms with Crippen LogP contribution in [-0.2, 0) is 0 Å². The zero-order valence-corrected chi connectivity index (χ0v) is 8.91. The molecule has 1 rings (SSSR count). The molecule has 1 saturated carbocycles. The minimum Gasteiger partial charge on any atom is -0.288 e. The summed E-state index contributed by atoms with van der Waals surface area (Å²) in [4.78, 5) is 2.34. The van der Waals surface area contributed by atoms with E-state index in [1.807, 2.05) is 6.08 Å². The van der Waals surface area contributed by atoms with Crippen LogP contribution in [0.5, 0.6) is 0 Å². The molecule has 0 aromatic heterocycles. The third-order valence-corrected chi connectivity index (χ3v) is 2.97. The highest BCUT2D eigenvalue weighted by Crippen LogP contribution is 2.23. The molecule has 1 aliphatic rings. The molecule has 0 spiro atoms. The van der Waals surface area contributed by atoms with Gasteiger partial charge in [-0.05, 0) is 32.2 Å². The minimum absolute atomic E-state index is 0.599. The van der Waals surface area contributed by atoms with E-state index in [-0.39, 0.29) is 0 Å². The van der Waals surface area contributed by atoms with Gasteiger partial charge in [0.15, 0.2) is 0 Å². The van der Waals surface area contributed by atoms with Crippen LogP contribution in [0.3, 0.4) is 0 Å². The van der Waals surface area contributed by atoms with E-state index in [9.17, 15) is 0 Å². The molecule has 14 heavy (non-hydrogen) atoms. The Morgan fingerprint density at radius 1 is 1.43 bits per heavy atom. The van der Waals surface area contributed by atoms with Gasteiger partial charge in [-0.3, -0.25) is 4.90 Å².